The maximum atomic E-state index is 12.3. The number of rotatable bonds is 5. The highest BCUT2D eigenvalue weighted by molar-refractivity contribution is 5.97. The number of hydrogen-bond donors (Lipinski definition) is 2. The molecule has 136 valence electrons. The number of carbonyl (C=O) groups is 2. The van der Waals surface area contributed by atoms with Gasteiger partial charge >= 0.3 is 0 Å². The first-order chi connectivity index (χ1) is 12.4. The molecule has 0 bridgehead atoms. The zero-order valence-corrected chi connectivity index (χ0v) is 15.1. The first-order valence-corrected chi connectivity index (χ1v) is 8.48. The minimum Gasteiger partial charge on any atom is -0.454 e. The Bertz CT molecular complexity index is 848. The van der Waals surface area contributed by atoms with Crippen LogP contribution >= 0.6 is 0 Å². The zero-order valence-electron chi connectivity index (χ0n) is 15.1. The van der Waals surface area contributed by atoms with Gasteiger partial charge in [-0.3, -0.25) is 9.59 Å². The molecule has 1 atom stereocenters. The van der Waals surface area contributed by atoms with Gasteiger partial charge in [-0.1, -0.05) is 12.1 Å². The van der Waals surface area contributed by atoms with Crippen molar-refractivity contribution in [2.24, 2.45) is 0 Å². The standard InChI is InChI=1S/C20H22N2O4/c1-12-4-6-16(8-13(12)2)20(24)22-14(3)19(23)21-10-15-5-7-17-18(9-15)26-11-25-17/h4-9,14H,10-11H2,1-3H3,(H,21,23)(H,22,24)/t14-/m0/s1. The summed E-state index contributed by atoms with van der Waals surface area (Å²) >= 11 is 0. The largest absolute Gasteiger partial charge is 0.454 e. The van der Waals surface area contributed by atoms with Gasteiger partial charge in [-0.05, 0) is 61.7 Å². The lowest BCUT2D eigenvalue weighted by Gasteiger charge is -2.15. The molecule has 0 radical (unpaired) electrons. The smallest absolute Gasteiger partial charge is 0.251 e. The second kappa shape index (κ2) is 7.47. The molecule has 6 heteroatoms. The molecule has 6 nitrogen and oxygen atoms in total. The van der Waals surface area contributed by atoms with Crippen molar-refractivity contribution < 1.29 is 19.1 Å². The van der Waals surface area contributed by atoms with Crippen molar-refractivity contribution in [2.45, 2.75) is 33.4 Å². The van der Waals surface area contributed by atoms with E-state index in [0.717, 1.165) is 16.7 Å². The molecule has 3 rings (SSSR count). The first-order valence-electron chi connectivity index (χ1n) is 8.48. The molecule has 0 aromatic heterocycles. The van der Waals surface area contributed by atoms with Gasteiger partial charge < -0.3 is 20.1 Å². The minimum absolute atomic E-state index is 0.215. The molecule has 0 saturated heterocycles. The molecule has 0 unspecified atom stereocenters. The third kappa shape index (κ3) is 3.96. The molecule has 2 amide bonds. The van der Waals surface area contributed by atoms with Crippen molar-refractivity contribution in [1.82, 2.24) is 10.6 Å². The summed E-state index contributed by atoms with van der Waals surface area (Å²) in [5.41, 5.74) is 3.60. The summed E-state index contributed by atoms with van der Waals surface area (Å²) < 4.78 is 10.6. The van der Waals surface area contributed by atoms with Gasteiger partial charge in [0.1, 0.15) is 6.04 Å². The summed E-state index contributed by atoms with van der Waals surface area (Å²) in [6.07, 6.45) is 0. The number of amides is 2. The Hall–Kier alpha value is -3.02. The molecule has 1 heterocycles. The van der Waals surface area contributed by atoms with Crippen LogP contribution in [-0.4, -0.2) is 24.6 Å². The normalized spacial score (nSPS) is 13.2. The van der Waals surface area contributed by atoms with Crippen LogP contribution < -0.4 is 20.1 Å². The fourth-order valence-electron chi connectivity index (χ4n) is 2.62. The van der Waals surface area contributed by atoms with E-state index in [9.17, 15) is 9.59 Å². The number of aryl methyl sites for hydroxylation is 2. The second-order valence-corrected chi connectivity index (χ2v) is 6.40. The minimum atomic E-state index is -0.641. The van der Waals surface area contributed by atoms with Crippen molar-refractivity contribution >= 4 is 11.8 Å². The Morgan fingerprint density at radius 3 is 2.58 bits per heavy atom. The van der Waals surface area contributed by atoms with Crippen molar-refractivity contribution in [3.05, 3.63) is 58.7 Å². The van der Waals surface area contributed by atoms with E-state index >= 15 is 0 Å². The van der Waals surface area contributed by atoms with Gasteiger partial charge in [-0.15, -0.1) is 0 Å². The monoisotopic (exact) mass is 354 g/mol. The fourth-order valence-corrected chi connectivity index (χ4v) is 2.62. The highest BCUT2D eigenvalue weighted by Crippen LogP contribution is 2.32. The third-order valence-corrected chi connectivity index (χ3v) is 4.41. The third-order valence-electron chi connectivity index (χ3n) is 4.41. The number of nitrogens with one attached hydrogen (secondary N) is 2. The van der Waals surface area contributed by atoms with Crippen molar-refractivity contribution in [2.75, 3.05) is 6.79 Å². The predicted octanol–water partition coefficient (Wildman–Crippen LogP) is 2.47. The van der Waals surface area contributed by atoms with Crippen LogP contribution in [0.15, 0.2) is 36.4 Å². The average Bonchev–Trinajstić information content (AvgIpc) is 3.09. The SMILES string of the molecule is Cc1ccc(C(=O)N[C@@H](C)C(=O)NCc2ccc3c(c2)OCO3)cc1C. The van der Waals surface area contributed by atoms with E-state index in [4.69, 9.17) is 9.47 Å². The Labute approximate surface area is 152 Å². The van der Waals surface area contributed by atoms with Crippen LogP contribution in [0, 0.1) is 13.8 Å². The molecule has 0 spiro atoms. The Morgan fingerprint density at radius 2 is 1.81 bits per heavy atom. The number of fused-ring (bicyclic) bond motifs is 1. The number of carbonyl (C=O) groups excluding carboxylic acids is 2. The number of benzene rings is 2. The van der Waals surface area contributed by atoms with Gasteiger partial charge in [0.15, 0.2) is 11.5 Å². The lowest BCUT2D eigenvalue weighted by Crippen LogP contribution is -2.44. The summed E-state index contributed by atoms with van der Waals surface area (Å²) in [5.74, 6) is 0.862. The summed E-state index contributed by atoms with van der Waals surface area (Å²) in [5, 5.41) is 5.54. The fraction of sp³-hybridized carbons (Fsp3) is 0.300. The zero-order chi connectivity index (χ0) is 18.7. The summed E-state index contributed by atoms with van der Waals surface area (Å²) in [6.45, 7) is 6.16. The molecule has 2 N–H and O–H groups in total. The van der Waals surface area contributed by atoms with E-state index in [1.54, 1.807) is 13.0 Å². The van der Waals surface area contributed by atoms with Crippen LogP contribution in [0.5, 0.6) is 11.5 Å². The van der Waals surface area contributed by atoms with Gasteiger partial charge in [-0.25, -0.2) is 0 Å². The molecular weight excluding hydrogens is 332 g/mol. The van der Waals surface area contributed by atoms with E-state index in [0.29, 0.717) is 23.6 Å². The first kappa shape index (κ1) is 17.8. The molecule has 0 aliphatic carbocycles. The highest BCUT2D eigenvalue weighted by Gasteiger charge is 2.18. The quantitative estimate of drug-likeness (QED) is 0.865. The van der Waals surface area contributed by atoms with E-state index in [2.05, 4.69) is 10.6 Å². The summed E-state index contributed by atoms with van der Waals surface area (Å²) in [6, 6.07) is 10.4. The maximum Gasteiger partial charge on any atom is 0.251 e. The second-order valence-electron chi connectivity index (χ2n) is 6.40. The van der Waals surface area contributed by atoms with E-state index in [1.165, 1.54) is 0 Å². The Kier molecular flexibility index (Phi) is 5.11. The van der Waals surface area contributed by atoms with E-state index in [1.807, 2.05) is 44.2 Å². The van der Waals surface area contributed by atoms with Crippen molar-refractivity contribution in [3.63, 3.8) is 0 Å². The molecule has 0 saturated carbocycles. The van der Waals surface area contributed by atoms with E-state index in [-0.39, 0.29) is 18.6 Å². The van der Waals surface area contributed by atoms with Crippen LogP contribution in [0.25, 0.3) is 0 Å². The molecule has 1 aliphatic rings. The van der Waals surface area contributed by atoms with Crippen LogP contribution in [0.3, 0.4) is 0 Å². The molecular formula is C20H22N2O4. The number of ether oxygens (including phenoxy) is 2. The van der Waals surface area contributed by atoms with Gasteiger partial charge in [0, 0.05) is 12.1 Å². The summed E-state index contributed by atoms with van der Waals surface area (Å²) in [7, 11) is 0. The average molecular weight is 354 g/mol. The van der Waals surface area contributed by atoms with Crippen LogP contribution in [-0.2, 0) is 11.3 Å². The Balaban J connectivity index is 1.54. The molecule has 2 aromatic carbocycles. The van der Waals surface area contributed by atoms with Crippen molar-refractivity contribution in [1.29, 1.82) is 0 Å². The highest BCUT2D eigenvalue weighted by atomic mass is 16.7. The lowest BCUT2D eigenvalue weighted by atomic mass is 10.1. The topological polar surface area (TPSA) is 76.7 Å². The van der Waals surface area contributed by atoms with Crippen LogP contribution in [0.1, 0.15) is 34.0 Å². The van der Waals surface area contributed by atoms with Gasteiger partial charge in [0.25, 0.3) is 5.91 Å². The van der Waals surface area contributed by atoms with Gasteiger partial charge in [0.2, 0.25) is 12.7 Å². The molecule has 0 fully saturated rings. The number of hydrogen-bond acceptors (Lipinski definition) is 4. The summed E-state index contributed by atoms with van der Waals surface area (Å²) in [4.78, 5) is 24.6. The van der Waals surface area contributed by atoms with Gasteiger partial charge in [0.05, 0.1) is 0 Å². The maximum absolute atomic E-state index is 12.3. The van der Waals surface area contributed by atoms with Crippen LogP contribution in [0.4, 0.5) is 0 Å². The Morgan fingerprint density at radius 1 is 1.04 bits per heavy atom. The van der Waals surface area contributed by atoms with Crippen molar-refractivity contribution in [3.8, 4) is 11.5 Å². The van der Waals surface area contributed by atoms with Crippen LogP contribution in [0.2, 0.25) is 0 Å². The van der Waals surface area contributed by atoms with E-state index < -0.39 is 6.04 Å². The molecule has 1 aliphatic heterocycles. The molecule has 26 heavy (non-hydrogen) atoms. The van der Waals surface area contributed by atoms with Gasteiger partial charge in [-0.2, -0.15) is 0 Å². The lowest BCUT2D eigenvalue weighted by molar-refractivity contribution is -0.122. The predicted molar refractivity (Wildman–Crippen MR) is 97.3 cm³/mol. The molecule has 2 aromatic rings.